The van der Waals surface area contributed by atoms with E-state index in [4.69, 9.17) is 14.2 Å². The van der Waals surface area contributed by atoms with E-state index >= 15 is 0 Å². The molecule has 8 heteroatoms. The Labute approximate surface area is 142 Å². The summed E-state index contributed by atoms with van der Waals surface area (Å²) >= 11 is 0. The van der Waals surface area contributed by atoms with E-state index in [2.05, 4.69) is 10.6 Å². The van der Waals surface area contributed by atoms with E-state index in [0.717, 1.165) is 18.2 Å². The maximum absolute atomic E-state index is 14.3. The Balaban J connectivity index is 2.29. The van der Waals surface area contributed by atoms with Gasteiger partial charge in [-0.3, -0.25) is 0 Å². The number of nitrogens with one attached hydrogen (secondary N) is 2. The second kappa shape index (κ2) is 6.46. The predicted octanol–water partition coefficient (Wildman–Crippen LogP) is 3.22. The van der Waals surface area contributed by atoms with Crippen LogP contribution in [0.4, 0.5) is 19.3 Å². The Morgan fingerprint density at radius 3 is 2.36 bits per heavy atom. The molecule has 0 saturated heterocycles. The molecule has 1 aliphatic rings. The number of carbonyl (C=O) groups is 1. The summed E-state index contributed by atoms with van der Waals surface area (Å²) in [5.41, 5.74) is 0.734. The number of anilines is 1. The van der Waals surface area contributed by atoms with Gasteiger partial charge in [-0.15, -0.1) is 0 Å². The zero-order valence-electron chi connectivity index (χ0n) is 13.8. The number of ether oxygens (including phenoxy) is 3. The minimum absolute atomic E-state index is 0.0263. The van der Waals surface area contributed by atoms with Crippen molar-refractivity contribution in [3.05, 3.63) is 47.0 Å². The quantitative estimate of drug-likeness (QED) is 0.888. The summed E-state index contributed by atoms with van der Waals surface area (Å²) in [5.74, 6) is -0.415. The minimum Gasteiger partial charge on any atom is -0.493 e. The highest BCUT2D eigenvalue weighted by atomic mass is 19.1. The van der Waals surface area contributed by atoms with Crippen molar-refractivity contribution >= 4 is 11.7 Å². The van der Waals surface area contributed by atoms with Crippen LogP contribution >= 0.6 is 0 Å². The van der Waals surface area contributed by atoms with Crippen LogP contribution in [0.2, 0.25) is 0 Å². The number of amides is 2. The average Bonchev–Trinajstić information content (AvgIpc) is 2.61. The molecule has 2 aromatic rings. The summed E-state index contributed by atoms with van der Waals surface area (Å²) in [5, 5.41) is 5.20. The van der Waals surface area contributed by atoms with Crippen LogP contribution in [0.3, 0.4) is 0 Å². The van der Waals surface area contributed by atoms with Gasteiger partial charge in [-0.05, 0) is 18.2 Å². The monoisotopic (exact) mass is 350 g/mol. The lowest BCUT2D eigenvalue weighted by atomic mass is 9.93. The molecule has 2 N–H and O–H groups in total. The van der Waals surface area contributed by atoms with Gasteiger partial charge in [-0.1, -0.05) is 0 Å². The lowest BCUT2D eigenvalue weighted by Crippen LogP contribution is -2.39. The Hall–Kier alpha value is -3.03. The molecule has 0 saturated carbocycles. The summed E-state index contributed by atoms with van der Waals surface area (Å²) in [6.45, 7) is 0. The van der Waals surface area contributed by atoms with Gasteiger partial charge in [0, 0.05) is 17.2 Å². The molecule has 1 unspecified atom stereocenters. The number of fused-ring (bicyclic) bond motifs is 1. The van der Waals surface area contributed by atoms with Crippen LogP contribution in [0.5, 0.6) is 17.2 Å². The van der Waals surface area contributed by atoms with E-state index in [1.54, 1.807) is 6.07 Å². The molecule has 2 amide bonds. The molecule has 3 rings (SSSR count). The number of hydrogen-bond acceptors (Lipinski definition) is 4. The van der Waals surface area contributed by atoms with Crippen molar-refractivity contribution in [2.45, 2.75) is 6.04 Å². The zero-order chi connectivity index (χ0) is 18.1. The third-order valence-electron chi connectivity index (χ3n) is 3.95. The molecule has 2 aromatic carbocycles. The first-order valence-electron chi connectivity index (χ1n) is 7.35. The van der Waals surface area contributed by atoms with Crippen molar-refractivity contribution in [3.8, 4) is 17.2 Å². The molecule has 132 valence electrons. The standard InChI is InChI=1S/C17H16F2N2O4/c1-23-12-7-11-13(16(25-3)15(12)24-2)14(21-17(22)20-11)9-6-8(18)4-5-10(9)19/h4-7,14H,1-3H3,(H2,20,21,22). The lowest BCUT2D eigenvalue weighted by Gasteiger charge is -2.30. The number of benzene rings is 2. The molecule has 0 spiro atoms. The van der Waals surface area contributed by atoms with Crippen LogP contribution in [0, 0.1) is 11.6 Å². The Kier molecular flexibility index (Phi) is 4.35. The van der Waals surface area contributed by atoms with E-state index in [1.807, 2.05) is 0 Å². The number of hydrogen-bond donors (Lipinski definition) is 2. The highest BCUT2D eigenvalue weighted by Crippen LogP contribution is 2.49. The Morgan fingerprint density at radius 2 is 1.72 bits per heavy atom. The van der Waals surface area contributed by atoms with Crippen LogP contribution in [0.25, 0.3) is 0 Å². The number of urea groups is 1. The van der Waals surface area contributed by atoms with Crippen LogP contribution in [-0.4, -0.2) is 27.4 Å². The fraction of sp³-hybridized carbons (Fsp3) is 0.235. The molecule has 1 aliphatic heterocycles. The van der Waals surface area contributed by atoms with Crippen molar-refractivity contribution < 1.29 is 27.8 Å². The Bertz CT molecular complexity index is 842. The molecule has 1 atom stereocenters. The third-order valence-corrected chi connectivity index (χ3v) is 3.95. The Morgan fingerprint density at radius 1 is 1.00 bits per heavy atom. The van der Waals surface area contributed by atoms with Gasteiger partial charge in [-0.25, -0.2) is 13.6 Å². The van der Waals surface area contributed by atoms with Crippen LogP contribution in [0.15, 0.2) is 24.3 Å². The fourth-order valence-electron chi connectivity index (χ4n) is 2.90. The van der Waals surface area contributed by atoms with Gasteiger partial charge in [-0.2, -0.15) is 0 Å². The summed E-state index contributed by atoms with van der Waals surface area (Å²) in [4.78, 5) is 12.0. The predicted molar refractivity (Wildman–Crippen MR) is 86.5 cm³/mol. The second-order valence-electron chi connectivity index (χ2n) is 5.30. The van der Waals surface area contributed by atoms with Crippen molar-refractivity contribution in [1.29, 1.82) is 0 Å². The van der Waals surface area contributed by atoms with Crippen LogP contribution < -0.4 is 24.8 Å². The molecule has 0 bridgehead atoms. The van der Waals surface area contributed by atoms with Crippen LogP contribution in [0.1, 0.15) is 17.2 Å². The maximum Gasteiger partial charge on any atom is 0.320 e. The normalized spacial score (nSPS) is 15.7. The molecular formula is C17H16F2N2O4. The summed E-state index contributed by atoms with van der Waals surface area (Å²) in [7, 11) is 4.28. The molecule has 0 fully saturated rings. The number of halogens is 2. The van der Waals surface area contributed by atoms with E-state index in [-0.39, 0.29) is 17.1 Å². The van der Waals surface area contributed by atoms with Crippen molar-refractivity contribution in [2.24, 2.45) is 0 Å². The minimum atomic E-state index is -0.964. The molecule has 6 nitrogen and oxygen atoms in total. The van der Waals surface area contributed by atoms with Crippen molar-refractivity contribution in [3.63, 3.8) is 0 Å². The smallest absolute Gasteiger partial charge is 0.320 e. The number of methoxy groups -OCH3 is 3. The summed E-state index contributed by atoms with van der Waals surface area (Å²) in [6.07, 6.45) is 0. The lowest BCUT2D eigenvalue weighted by molar-refractivity contribution is 0.248. The zero-order valence-corrected chi connectivity index (χ0v) is 13.8. The fourth-order valence-corrected chi connectivity index (χ4v) is 2.90. The molecule has 25 heavy (non-hydrogen) atoms. The average molecular weight is 350 g/mol. The second-order valence-corrected chi connectivity index (χ2v) is 5.30. The first-order chi connectivity index (χ1) is 12.0. The molecule has 1 heterocycles. The van der Waals surface area contributed by atoms with E-state index in [9.17, 15) is 13.6 Å². The van der Waals surface area contributed by atoms with Crippen molar-refractivity contribution in [2.75, 3.05) is 26.6 Å². The molecular weight excluding hydrogens is 334 g/mol. The first-order valence-corrected chi connectivity index (χ1v) is 7.35. The maximum atomic E-state index is 14.3. The third kappa shape index (κ3) is 2.79. The number of rotatable bonds is 4. The van der Waals surface area contributed by atoms with Gasteiger partial charge < -0.3 is 24.8 Å². The van der Waals surface area contributed by atoms with Gasteiger partial charge in [0.2, 0.25) is 5.75 Å². The first kappa shape index (κ1) is 16.8. The highest BCUT2D eigenvalue weighted by molar-refractivity contribution is 5.95. The molecule has 0 aliphatic carbocycles. The van der Waals surface area contributed by atoms with Gasteiger partial charge in [0.25, 0.3) is 0 Å². The van der Waals surface area contributed by atoms with Gasteiger partial charge in [0.1, 0.15) is 11.6 Å². The summed E-state index contributed by atoms with van der Waals surface area (Å²) < 4.78 is 44.0. The van der Waals surface area contributed by atoms with E-state index in [0.29, 0.717) is 17.0 Å². The highest BCUT2D eigenvalue weighted by Gasteiger charge is 2.34. The van der Waals surface area contributed by atoms with E-state index < -0.39 is 23.7 Å². The largest absolute Gasteiger partial charge is 0.493 e. The number of carbonyl (C=O) groups excluding carboxylic acids is 1. The topological polar surface area (TPSA) is 68.8 Å². The molecule has 0 aromatic heterocycles. The SMILES string of the molecule is COc1cc2c(c(OC)c1OC)C(c1cc(F)ccc1F)NC(=O)N2. The van der Waals surface area contributed by atoms with Crippen molar-refractivity contribution in [1.82, 2.24) is 5.32 Å². The molecule has 0 radical (unpaired) electrons. The van der Waals surface area contributed by atoms with Crippen LogP contribution in [-0.2, 0) is 0 Å². The van der Waals surface area contributed by atoms with Gasteiger partial charge >= 0.3 is 6.03 Å². The van der Waals surface area contributed by atoms with E-state index in [1.165, 1.54) is 21.3 Å². The summed E-state index contributed by atoms with van der Waals surface area (Å²) in [6, 6.07) is 3.07. The van der Waals surface area contributed by atoms with Gasteiger partial charge in [0.05, 0.1) is 33.1 Å². The van der Waals surface area contributed by atoms with Gasteiger partial charge in [0.15, 0.2) is 11.5 Å².